The number of amides is 2. The molecule has 2 heterocycles. The van der Waals surface area contributed by atoms with Crippen LogP contribution in [0.2, 0.25) is 0 Å². The van der Waals surface area contributed by atoms with Crippen LogP contribution in [-0.4, -0.2) is 74.1 Å². The van der Waals surface area contributed by atoms with Crippen LogP contribution < -0.4 is 10.6 Å². The molecule has 0 unspecified atom stereocenters. The molecule has 0 aliphatic carbocycles. The number of carbonyl (C=O) groups excluding carboxylic acids is 2. The van der Waals surface area contributed by atoms with Gasteiger partial charge in [-0.1, -0.05) is 104 Å². The zero-order valence-electron chi connectivity index (χ0n) is 29.2. The number of urea groups is 1. The maximum atomic E-state index is 12.8. The molecule has 2 saturated heterocycles. The van der Waals surface area contributed by atoms with Crippen LogP contribution in [0.15, 0.2) is 103 Å². The number of ether oxygens (including phenoxy) is 4. The number of carbonyl (C=O) groups is 2. The quantitative estimate of drug-likeness (QED) is 0.165. The molecule has 0 bridgehead atoms. The van der Waals surface area contributed by atoms with Crippen molar-refractivity contribution >= 4 is 12.0 Å². The van der Waals surface area contributed by atoms with Crippen LogP contribution in [0, 0.1) is 5.92 Å². The lowest BCUT2D eigenvalue weighted by molar-refractivity contribution is -0.277. The van der Waals surface area contributed by atoms with Gasteiger partial charge in [0.25, 0.3) is 0 Å². The Morgan fingerprint density at radius 2 is 1.55 bits per heavy atom. The number of benzene rings is 4. The van der Waals surface area contributed by atoms with Gasteiger partial charge in [-0.15, -0.1) is 0 Å². The van der Waals surface area contributed by atoms with Crippen LogP contribution in [0.3, 0.4) is 0 Å². The van der Waals surface area contributed by atoms with Crippen molar-refractivity contribution in [1.29, 1.82) is 0 Å². The Balaban J connectivity index is 1.11. The topological polar surface area (TPSA) is 119 Å². The highest BCUT2D eigenvalue weighted by Gasteiger charge is 2.39. The Labute approximate surface area is 299 Å². The second-order valence-corrected chi connectivity index (χ2v) is 13.1. The fraction of sp³-hybridized carbons (Fsp3) is 0.366. The highest BCUT2D eigenvalue weighted by molar-refractivity contribution is 5.83. The lowest BCUT2D eigenvalue weighted by Gasteiger charge is -2.43. The Bertz CT molecular complexity index is 1710. The van der Waals surface area contributed by atoms with Crippen LogP contribution in [0.5, 0.6) is 0 Å². The summed E-state index contributed by atoms with van der Waals surface area (Å²) >= 11 is 0. The van der Waals surface area contributed by atoms with Crippen molar-refractivity contribution in [3.05, 3.63) is 131 Å². The van der Waals surface area contributed by atoms with E-state index in [0.717, 1.165) is 71.8 Å². The molecule has 268 valence electrons. The van der Waals surface area contributed by atoms with E-state index in [2.05, 4.69) is 34.6 Å². The highest BCUT2D eigenvalue weighted by Crippen LogP contribution is 2.42. The molecule has 10 nitrogen and oxygen atoms in total. The first-order chi connectivity index (χ1) is 24.9. The minimum absolute atomic E-state index is 0.000503. The van der Waals surface area contributed by atoms with Crippen molar-refractivity contribution in [3.63, 3.8) is 0 Å². The average molecular weight is 694 g/mol. The van der Waals surface area contributed by atoms with Gasteiger partial charge in [0, 0.05) is 44.1 Å². The lowest BCUT2D eigenvalue weighted by atomic mass is 9.90. The highest BCUT2D eigenvalue weighted by atomic mass is 16.7. The van der Waals surface area contributed by atoms with Gasteiger partial charge in [-0.25, -0.2) is 9.59 Å². The fourth-order valence-corrected chi connectivity index (χ4v) is 6.64. The van der Waals surface area contributed by atoms with Crippen LogP contribution >= 0.6 is 0 Å². The fourth-order valence-electron chi connectivity index (χ4n) is 6.64. The van der Waals surface area contributed by atoms with Crippen LogP contribution in [0.4, 0.5) is 4.79 Å². The van der Waals surface area contributed by atoms with Crippen molar-refractivity contribution in [2.45, 2.75) is 51.0 Å². The van der Waals surface area contributed by atoms with Gasteiger partial charge in [0.05, 0.1) is 39.1 Å². The zero-order chi connectivity index (χ0) is 35.6. The van der Waals surface area contributed by atoms with E-state index >= 15 is 0 Å². The van der Waals surface area contributed by atoms with E-state index in [4.69, 9.17) is 18.9 Å². The summed E-state index contributed by atoms with van der Waals surface area (Å²) in [6.07, 6.45) is -0.444. The first-order valence-corrected chi connectivity index (χ1v) is 17.6. The van der Waals surface area contributed by atoms with Crippen molar-refractivity contribution in [1.82, 2.24) is 15.5 Å². The second kappa shape index (κ2) is 17.6. The molecular formula is C41H47N3O7. The van der Waals surface area contributed by atoms with Crippen molar-refractivity contribution in [2.75, 3.05) is 40.0 Å². The van der Waals surface area contributed by atoms with Gasteiger partial charge in [-0.2, -0.15) is 0 Å². The minimum atomic E-state index is -0.806. The summed E-state index contributed by atoms with van der Waals surface area (Å²) in [4.78, 5) is 27.6. The molecule has 0 radical (unpaired) electrons. The summed E-state index contributed by atoms with van der Waals surface area (Å²) in [5, 5.41) is 15.2. The summed E-state index contributed by atoms with van der Waals surface area (Å²) < 4.78 is 23.8. The molecule has 3 N–H and O–H groups in total. The monoisotopic (exact) mass is 693 g/mol. The largest absolute Gasteiger partial charge is 0.467 e. The van der Waals surface area contributed by atoms with Crippen LogP contribution in [0.1, 0.15) is 47.1 Å². The normalized spacial score (nSPS) is 21.4. The Morgan fingerprint density at radius 1 is 0.843 bits per heavy atom. The summed E-state index contributed by atoms with van der Waals surface area (Å²) in [6.45, 7) is 6.47. The SMILES string of the molecule is COC(=O)[C@H](Cc1ccccc1)NC(=O)NCc1cccc(-c2ccc([C@@H]3O[C@H](CN4CCOCC4)[C@H](C)[C@H](c4ccc(CO)cc4)O3)cc2)c1. The van der Waals surface area contributed by atoms with Crippen molar-refractivity contribution in [2.24, 2.45) is 5.92 Å². The molecule has 2 aliphatic heterocycles. The zero-order valence-corrected chi connectivity index (χ0v) is 29.2. The molecule has 6 rings (SSSR count). The van der Waals surface area contributed by atoms with Gasteiger partial charge in [0.2, 0.25) is 0 Å². The minimum Gasteiger partial charge on any atom is -0.467 e. The molecule has 4 aromatic carbocycles. The Morgan fingerprint density at radius 3 is 2.25 bits per heavy atom. The molecule has 2 amide bonds. The number of hydrogen-bond donors (Lipinski definition) is 3. The first-order valence-electron chi connectivity index (χ1n) is 17.6. The molecule has 0 aromatic heterocycles. The third-order valence-electron chi connectivity index (χ3n) is 9.64. The molecule has 0 spiro atoms. The van der Waals surface area contributed by atoms with Crippen molar-refractivity contribution < 1.29 is 33.6 Å². The number of esters is 1. The number of rotatable bonds is 12. The number of hydrogen-bond acceptors (Lipinski definition) is 8. The average Bonchev–Trinajstić information content (AvgIpc) is 3.18. The number of aliphatic hydroxyl groups excluding tert-OH is 1. The number of aliphatic hydroxyl groups is 1. The molecule has 10 heteroatoms. The summed E-state index contributed by atoms with van der Waals surface area (Å²) in [6, 6.07) is 32.4. The van der Waals surface area contributed by atoms with Crippen LogP contribution in [-0.2, 0) is 43.3 Å². The predicted molar refractivity (Wildman–Crippen MR) is 193 cm³/mol. The summed E-state index contributed by atoms with van der Waals surface area (Å²) in [5.41, 5.74) is 6.72. The Hall–Kier alpha value is -4.58. The Kier molecular flexibility index (Phi) is 12.5. The van der Waals surface area contributed by atoms with E-state index in [9.17, 15) is 14.7 Å². The number of nitrogens with zero attached hydrogens (tertiary/aromatic N) is 1. The predicted octanol–water partition coefficient (Wildman–Crippen LogP) is 5.55. The van der Waals surface area contributed by atoms with E-state index in [1.165, 1.54) is 7.11 Å². The van der Waals surface area contributed by atoms with Crippen molar-refractivity contribution in [3.8, 4) is 11.1 Å². The molecule has 2 fully saturated rings. The molecule has 2 aliphatic rings. The standard InChI is InChI=1S/C41H47N3O7/c1-28-37(26-44-19-21-49-22-20-44)50-40(51-38(28)33-13-11-30(27-45)12-14-33)34-17-15-32(16-18-34)35-10-6-9-31(23-35)25-42-41(47)43-36(39(46)48-2)24-29-7-4-3-5-8-29/h3-18,23,28,36-38,40,45H,19-22,24-27H2,1-2H3,(H2,42,43,47)/t28-,36-,37+,38+,40+/m0/s1. The molecule has 0 saturated carbocycles. The molecule has 51 heavy (non-hydrogen) atoms. The van der Waals surface area contributed by atoms with Crippen LogP contribution in [0.25, 0.3) is 11.1 Å². The summed E-state index contributed by atoms with van der Waals surface area (Å²) in [7, 11) is 1.31. The van der Waals surface area contributed by atoms with Gasteiger partial charge in [-0.05, 0) is 39.4 Å². The van der Waals surface area contributed by atoms with E-state index in [0.29, 0.717) is 6.42 Å². The van der Waals surface area contributed by atoms with Gasteiger partial charge < -0.3 is 34.7 Å². The first kappa shape index (κ1) is 36.2. The van der Waals surface area contributed by atoms with E-state index in [1.807, 2.05) is 91.0 Å². The second-order valence-electron chi connectivity index (χ2n) is 13.1. The number of nitrogens with one attached hydrogen (secondary N) is 2. The van der Waals surface area contributed by atoms with Gasteiger partial charge in [-0.3, -0.25) is 4.90 Å². The van der Waals surface area contributed by atoms with E-state index < -0.39 is 24.3 Å². The number of morpholine rings is 1. The molecule has 5 atom stereocenters. The summed E-state index contributed by atoms with van der Waals surface area (Å²) in [5.74, 6) is -0.394. The van der Waals surface area contributed by atoms with E-state index in [1.54, 1.807) is 0 Å². The molecular weight excluding hydrogens is 646 g/mol. The maximum absolute atomic E-state index is 12.8. The maximum Gasteiger partial charge on any atom is 0.328 e. The lowest BCUT2D eigenvalue weighted by Crippen LogP contribution is -2.47. The van der Waals surface area contributed by atoms with Gasteiger partial charge >= 0.3 is 12.0 Å². The van der Waals surface area contributed by atoms with Gasteiger partial charge in [0.1, 0.15) is 6.04 Å². The third kappa shape index (κ3) is 9.61. The van der Waals surface area contributed by atoms with Gasteiger partial charge in [0.15, 0.2) is 6.29 Å². The molecule has 4 aromatic rings. The smallest absolute Gasteiger partial charge is 0.328 e. The number of methoxy groups -OCH3 is 1. The van der Waals surface area contributed by atoms with E-state index in [-0.39, 0.29) is 31.3 Å². The third-order valence-corrected chi connectivity index (χ3v) is 9.64.